The van der Waals surface area contributed by atoms with Crippen molar-refractivity contribution in [1.29, 1.82) is 0 Å². The molecular formula is C7H4Cl3NO3S3. The number of rotatable bonds is 1. The fraction of sp³-hybridized carbons (Fsp3) is 0. The van der Waals surface area contributed by atoms with Crippen LogP contribution < -0.4 is 0 Å². The van der Waals surface area contributed by atoms with E-state index in [1.54, 1.807) is 11.6 Å². The Labute approximate surface area is 117 Å². The molecule has 0 saturated carbocycles. The summed E-state index contributed by atoms with van der Waals surface area (Å²) in [5.74, 6) is 0. The summed E-state index contributed by atoms with van der Waals surface area (Å²) in [6.45, 7) is 0. The van der Waals surface area contributed by atoms with Gasteiger partial charge in [-0.05, 0) is 18.2 Å². The van der Waals surface area contributed by atoms with Crippen molar-refractivity contribution in [2.24, 2.45) is 0 Å². The van der Waals surface area contributed by atoms with Gasteiger partial charge in [-0.1, -0.05) is 0 Å². The average Bonchev–Trinajstić information content (AvgIpc) is 2.61. The highest BCUT2D eigenvalue weighted by Gasteiger charge is 2.10. The van der Waals surface area contributed by atoms with Gasteiger partial charge >= 0.3 is 0 Å². The third-order valence-electron chi connectivity index (χ3n) is 1.58. The lowest BCUT2D eigenvalue weighted by atomic mass is 10.3. The van der Waals surface area contributed by atoms with E-state index in [-0.39, 0.29) is 4.90 Å². The van der Waals surface area contributed by atoms with Gasteiger partial charge in [0.05, 0.1) is 20.6 Å². The number of nitrogens with zero attached hydrogens (tertiary/aromatic N) is 1. The van der Waals surface area contributed by atoms with Crippen LogP contribution in [0.2, 0.25) is 0 Å². The molecule has 4 nitrogen and oxygen atoms in total. The van der Waals surface area contributed by atoms with Crippen molar-refractivity contribution in [3.05, 3.63) is 23.7 Å². The molecule has 2 aromatic rings. The van der Waals surface area contributed by atoms with E-state index >= 15 is 0 Å². The highest BCUT2D eigenvalue weighted by atomic mass is 36.0. The summed E-state index contributed by atoms with van der Waals surface area (Å²) in [7, 11) is 8.92. The maximum absolute atomic E-state index is 10.9. The number of benzene rings is 1. The molecule has 17 heavy (non-hydrogen) atoms. The van der Waals surface area contributed by atoms with E-state index in [2.05, 4.69) is 26.3 Å². The van der Waals surface area contributed by atoms with Crippen LogP contribution in [0, 0.1) is 0 Å². The zero-order chi connectivity index (χ0) is 13.1. The fourth-order valence-corrected chi connectivity index (χ4v) is 2.56. The first kappa shape index (κ1) is 15.1. The van der Waals surface area contributed by atoms with Crippen molar-refractivity contribution in [3.63, 3.8) is 0 Å². The van der Waals surface area contributed by atoms with Gasteiger partial charge in [0, 0.05) is 32.0 Å². The van der Waals surface area contributed by atoms with Crippen LogP contribution in [0.15, 0.2) is 28.6 Å². The van der Waals surface area contributed by atoms with Crippen LogP contribution in [0.4, 0.5) is 0 Å². The lowest BCUT2D eigenvalue weighted by molar-refractivity contribution is 0.609. The predicted molar refractivity (Wildman–Crippen MR) is 72.5 cm³/mol. The second-order valence-corrected chi connectivity index (χ2v) is 8.58. The minimum absolute atomic E-state index is 0.117. The first-order valence-electron chi connectivity index (χ1n) is 3.83. The average molecular weight is 353 g/mol. The number of hydrogen-bond acceptors (Lipinski definition) is 5. The largest absolute Gasteiger partial charge is 0.261 e. The zero-order valence-corrected chi connectivity index (χ0v) is 12.6. The van der Waals surface area contributed by atoms with E-state index in [1.807, 2.05) is 0 Å². The smallest absolute Gasteiger partial charge is 0.245 e. The molecule has 10 heteroatoms. The Morgan fingerprint density at radius 3 is 2.41 bits per heavy atom. The normalized spacial score (nSPS) is 11.3. The first-order chi connectivity index (χ1) is 7.80. The molecule has 0 bridgehead atoms. The van der Waals surface area contributed by atoms with Gasteiger partial charge in [0.2, 0.25) is 9.23 Å². The van der Waals surface area contributed by atoms with E-state index < -0.39 is 18.3 Å². The van der Waals surface area contributed by atoms with Crippen molar-refractivity contribution >= 4 is 71.9 Å². The van der Waals surface area contributed by atoms with E-state index in [1.165, 1.54) is 23.5 Å². The van der Waals surface area contributed by atoms with Crippen molar-refractivity contribution < 1.29 is 12.6 Å². The molecule has 0 aliphatic heterocycles. The van der Waals surface area contributed by atoms with Crippen LogP contribution in [0.25, 0.3) is 10.2 Å². The first-order valence-corrected chi connectivity index (χ1v) is 9.82. The number of halogens is 3. The lowest BCUT2D eigenvalue weighted by Gasteiger charge is -1.94. The highest BCUT2D eigenvalue weighted by molar-refractivity contribution is 8.26. The van der Waals surface area contributed by atoms with Crippen LogP contribution in [-0.2, 0) is 18.3 Å². The van der Waals surface area contributed by atoms with E-state index in [0.717, 1.165) is 10.2 Å². The molecule has 0 amide bonds. The minimum atomic E-state index is -3.62. The Morgan fingerprint density at radius 1 is 1.29 bits per heavy atom. The van der Waals surface area contributed by atoms with Gasteiger partial charge in [0.15, 0.2) is 0 Å². The summed E-state index contributed by atoms with van der Waals surface area (Å²) in [6.07, 6.45) is 0. The van der Waals surface area contributed by atoms with Crippen LogP contribution in [0.5, 0.6) is 0 Å². The van der Waals surface area contributed by atoms with Crippen LogP contribution >= 0.6 is 43.4 Å². The third-order valence-corrected chi connectivity index (χ3v) is 3.73. The summed E-state index contributed by atoms with van der Waals surface area (Å²) in [5, 5.41) is 0. The van der Waals surface area contributed by atoms with Crippen molar-refractivity contribution in [2.45, 2.75) is 4.90 Å². The quantitative estimate of drug-likeness (QED) is 0.739. The second-order valence-electron chi connectivity index (χ2n) is 2.60. The molecule has 0 aliphatic carbocycles. The van der Waals surface area contributed by atoms with Crippen LogP contribution in [0.1, 0.15) is 0 Å². The summed E-state index contributed by atoms with van der Waals surface area (Å²) >= 11 is 1.38. The fourth-order valence-electron chi connectivity index (χ4n) is 0.987. The third kappa shape index (κ3) is 5.07. The van der Waals surface area contributed by atoms with Crippen molar-refractivity contribution in [3.8, 4) is 0 Å². The molecule has 0 radical (unpaired) electrons. The molecule has 1 aromatic carbocycles. The van der Waals surface area contributed by atoms with Gasteiger partial charge < -0.3 is 0 Å². The number of hydrogen-bond donors (Lipinski definition) is 0. The Hall–Kier alpha value is 0.0800. The minimum Gasteiger partial charge on any atom is -0.245 e. The lowest BCUT2D eigenvalue weighted by Crippen LogP contribution is -1.88. The Kier molecular flexibility index (Phi) is 5.62. The molecule has 0 unspecified atom stereocenters. The Bertz CT molecular complexity index is 636. The number of aromatic nitrogens is 1. The van der Waals surface area contributed by atoms with Gasteiger partial charge in [0.1, 0.15) is 0 Å². The van der Waals surface area contributed by atoms with E-state index in [4.69, 9.17) is 14.9 Å². The molecule has 0 fully saturated rings. The van der Waals surface area contributed by atoms with Crippen molar-refractivity contribution in [1.82, 2.24) is 4.98 Å². The molecule has 0 atom stereocenters. The van der Waals surface area contributed by atoms with Crippen molar-refractivity contribution in [2.75, 3.05) is 0 Å². The van der Waals surface area contributed by atoms with Gasteiger partial charge in [0.25, 0.3) is 9.05 Å². The molecule has 0 saturated heterocycles. The van der Waals surface area contributed by atoms with Gasteiger partial charge in [-0.2, -0.15) is 0 Å². The molecule has 0 N–H and O–H groups in total. The molecular weight excluding hydrogens is 349 g/mol. The van der Waals surface area contributed by atoms with Gasteiger partial charge in [-0.15, -0.1) is 11.3 Å². The number of thiazole rings is 1. The molecule has 0 spiro atoms. The summed E-state index contributed by atoms with van der Waals surface area (Å²) in [6, 6.07) is 4.61. The molecule has 2 rings (SSSR count). The zero-order valence-electron chi connectivity index (χ0n) is 7.84. The van der Waals surface area contributed by atoms with E-state index in [0.29, 0.717) is 0 Å². The Balaban J connectivity index is 0.000000317. The van der Waals surface area contributed by atoms with Crippen LogP contribution in [0.3, 0.4) is 0 Å². The standard InChI is InChI=1S/C7H4ClNO2S2.Cl2OS/c8-13(10,11)5-1-2-6-7(3-5)12-4-9-6;1-4(2)3/h1-4H;. The summed E-state index contributed by atoms with van der Waals surface area (Å²) < 4.78 is 31.8. The molecule has 1 heterocycles. The summed E-state index contributed by atoms with van der Waals surface area (Å²) in [4.78, 5) is 4.14. The van der Waals surface area contributed by atoms with Crippen LogP contribution in [-0.4, -0.2) is 17.6 Å². The maximum Gasteiger partial charge on any atom is 0.261 e. The second kappa shape index (κ2) is 6.31. The van der Waals surface area contributed by atoms with Gasteiger partial charge in [-0.25, -0.2) is 17.6 Å². The SMILES string of the molecule is O=S(=O)(Cl)c1ccc2ncsc2c1.O=S(Cl)Cl. The van der Waals surface area contributed by atoms with E-state index in [9.17, 15) is 8.42 Å². The summed E-state index contributed by atoms with van der Waals surface area (Å²) in [5.41, 5.74) is 2.45. The molecule has 0 aliphatic rings. The number of fused-ring (bicyclic) bond motifs is 1. The topological polar surface area (TPSA) is 64.1 Å². The Morgan fingerprint density at radius 2 is 1.88 bits per heavy atom. The molecule has 94 valence electrons. The predicted octanol–water partition coefficient (Wildman–Crippen LogP) is 3.27. The maximum atomic E-state index is 10.9. The molecule has 1 aromatic heterocycles. The van der Waals surface area contributed by atoms with Gasteiger partial charge in [-0.3, -0.25) is 0 Å². The highest BCUT2D eigenvalue weighted by Crippen LogP contribution is 2.23. The monoisotopic (exact) mass is 351 g/mol.